The number of carbonyl (C=O) groups is 1. The summed E-state index contributed by atoms with van der Waals surface area (Å²) < 4.78 is 11.6. The molecular weight excluding hydrogens is 240 g/mol. The van der Waals surface area contributed by atoms with Crippen LogP contribution < -0.4 is 0 Å². The summed E-state index contributed by atoms with van der Waals surface area (Å²) in [6, 6.07) is 0. The largest absolute Gasteiger partial charge is 0.347 e. The molecule has 0 N–H and O–H groups in total. The fourth-order valence-electron chi connectivity index (χ4n) is 2.93. The van der Waals surface area contributed by atoms with E-state index >= 15 is 0 Å². The minimum atomic E-state index is -0.656. The molecule has 4 heteroatoms. The predicted molar refractivity (Wildman–Crippen MR) is 66.2 cm³/mol. The summed E-state index contributed by atoms with van der Waals surface area (Å²) in [7, 11) is 0. The minimum absolute atomic E-state index is 0.0734. The molecule has 0 aromatic carbocycles. The normalized spacial score (nSPS) is 29.2. The van der Waals surface area contributed by atoms with Crippen LogP contribution in [0, 0.1) is 5.92 Å². The molecule has 2 fully saturated rings. The van der Waals surface area contributed by atoms with E-state index in [-0.39, 0.29) is 5.92 Å². The molecule has 1 heterocycles. The maximum atomic E-state index is 12.2. The Hall–Kier alpha value is -0.120. The van der Waals surface area contributed by atoms with Gasteiger partial charge in [-0.2, -0.15) is 0 Å². The van der Waals surface area contributed by atoms with Gasteiger partial charge in [-0.1, -0.05) is 12.8 Å². The third-order valence-corrected chi connectivity index (χ3v) is 4.04. The highest BCUT2D eigenvalue weighted by Gasteiger charge is 2.47. The van der Waals surface area contributed by atoms with Gasteiger partial charge in [0.25, 0.3) is 0 Å². The number of hydrogen-bond donors (Lipinski definition) is 0. The number of ether oxygens (including phenoxy) is 2. The van der Waals surface area contributed by atoms with Crippen LogP contribution in [0.1, 0.15) is 44.9 Å². The molecule has 1 aliphatic heterocycles. The van der Waals surface area contributed by atoms with Gasteiger partial charge >= 0.3 is 0 Å². The lowest BCUT2D eigenvalue weighted by atomic mass is 9.87. The highest BCUT2D eigenvalue weighted by molar-refractivity contribution is 6.17. The molecule has 98 valence electrons. The maximum absolute atomic E-state index is 12.2. The van der Waals surface area contributed by atoms with Crippen molar-refractivity contribution in [1.82, 2.24) is 0 Å². The van der Waals surface area contributed by atoms with Crippen molar-refractivity contribution >= 4 is 17.4 Å². The lowest BCUT2D eigenvalue weighted by Crippen LogP contribution is -2.43. The van der Waals surface area contributed by atoms with Crippen molar-refractivity contribution in [3.8, 4) is 0 Å². The molecule has 0 bridgehead atoms. The summed E-state index contributed by atoms with van der Waals surface area (Å²) in [4.78, 5) is 12.2. The van der Waals surface area contributed by atoms with Crippen LogP contribution in [0.4, 0.5) is 0 Å². The summed E-state index contributed by atoms with van der Waals surface area (Å²) in [5.41, 5.74) is 0. The number of alkyl halides is 1. The zero-order valence-electron chi connectivity index (χ0n) is 10.3. The summed E-state index contributed by atoms with van der Waals surface area (Å²) in [6.07, 6.45) is 6.43. The number of carbonyl (C=O) groups excluding carboxylic acids is 1. The fourth-order valence-corrected chi connectivity index (χ4v) is 3.06. The standard InChI is InChI=1S/C13H21ClO3/c14-8-4-7-13(16-9-10-17-13)11-5-2-1-3-6-12(11)15/h11H,1-10H2. The molecule has 3 nitrogen and oxygen atoms in total. The second kappa shape index (κ2) is 6.17. The van der Waals surface area contributed by atoms with E-state index in [9.17, 15) is 4.79 Å². The zero-order chi connectivity index (χ0) is 12.1. The Kier molecular flexibility index (Phi) is 4.83. The van der Waals surface area contributed by atoms with Crippen LogP contribution in [0.25, 0.3) is 0 Å². The minimum Gasteiger partial charge on any atom is -0.347 e. The Bertz CT molecular complexity index is 261. The van der Waals surface area contributed by atoms with Crippen LogP contribution in [-0.2, 0) is 14.3 Å². The van der Waals surface area contributed by atoms with Gasteiger partial charge in [0.05, 0.1) is 19.1 Å². The quantitative estimate of drug-likeness (QED) is 0.576. The molecule has 0 aromatic rings. The predicted octanol–water partition coefficient (Wildman–Crippen LogP) is 2.90. The van der Waals surface area contributed by atoms with Crippen LogP contribution in [-0.4, -0.2) is 30.7 Å². The van der Waals surface area contributed by atoms with Gasteiger partial charge in [0.15, 0.2) is 5.79 Å². The second-order valence-corrected chi connectivity index (χ2v) is 5.30. The summed E-state index contributed by atoms with van der Waals surface area (Å²) in [5, 5.41) is 0. The van der Waals surface area contributed by atoms with Crippen molar-refractivity contribution in [3.05, 3.63) is 0 Å². The first-order chi connectivity index (χ1) is 8.28. The van der Waals surface area contributed by atoms with Gasteiger partial charge in [-0.05, 0) is 19.3 Å². The van der Waals surface area contributed by atoms with E-state index in [1.54, 1.807) is 0 Å². The first kappa shape index (κ1) is 13.3. The molecule has 1 atom stereocenters. The second-order valence-electron chi connectivity index (χ2n) is 4.92. The first-order valence-corrected chi connectivity index (χ1v) is 7.18. The van der Waals surface area contributed by atoms with Crippen molar-refractivity contribution in [2.75, 3.05) is 19.1 Å². The Morgan fingerprint density at radius 1 is 1.24 bits per heavy atom. The van der Waals surface area contributed by atoms with Crippen molar-refractivity contribution in [1.29, 1.82) is 0 Å². The molecule has 0 aromatic heterocycles. The molecule has 2 aliphatic rings. The van der Waals surface area contributed by atoms with E-state index in [0.29, 0.717) is 31.3 Å². The Morgan fingerprint density at radius 3 is 2.71 bits per heavy atom. The monoisotopic (exact) mass is 260 g/mol. The molecule has 1 aliphatic carbocycles. The molecule has 0 radical (unpaired) electrons. The van der Waals surface area contributed by atoms with Crippen LogP contribution >= 0.6 is 11.6 Å². The van der Waals surface area contributed by atoms with Gasteiger partial charge < -0.3 is 9.47 Å². The average Bonchev–Trinajstić information content (AvgIpc) is 2.70. The number of hydrogen-bond acceptors (Lipinski definition) is 3. The third-order valence-electron chi connectivity index (χ3n) is 3.77. The first-order valence-electron chi connectivity index (χ1n) is 6.65. The van der Waals surface area contributed by atoms with Crippen molar-refractivity contribution in [2.45, 2.75) is 50.7 Å². The topological polar surface area (TPSA) is 35.5 Å². The number of ketones is 1. The van der Waals surface area contributed by atoms with Gasteiger partial charge in [-0.3, -0.25) is 4.79 Å². The van der Waals surface area contributed by atoms with E-state index in [1.807, 2.05) is 0 Å². The Labute approximate surface area is 108 Å². The molecule has 0 spiro atoms. The molecule has 0 amide bonds. The Morgan fingerprint density at radius 2 is 2.00 bits per heavy atom. The molecule has 1 unspecified atom stereocenters. The van der Waals surface area contributed by atoms with E-state index in [2.05, 4.69) is 0 Å². The van der Waals surface area contributed by atoms with Crippen LogP contribution in [0.15, 0.2) is 0 Å². The van der Waals surface area contributed by atoms with Gasteiger partial charge in [0, 0.05) is 18.7 Å². The van der Waals surface area contributed by atoms with E-state index in [4.69, 9.17) is 21.1 Å². The summed E-state index contributed by atoms with van der Waals surface area (Å²) in [6.45, 7) is 1.21. The van der Waals surface area contributed by atoms with Crippen LogP contribution in [0.3, 0.4) is 0 Å². The molecule has 2 rings (SSSR count). The van der Waals surface area contributed by atoms with Crippen LogP contribution in [0.2, 0.25) is 0 Å². The fraction of sp³-hybridized carbons (Fsp3) is 0.923. The molecule has 1 saturated carbocycles. The maximum Gasteiger partial charge on any atom is 0.178 e. The van der Waals surface area contributed by atoms with Crippen LogP contribution in [0.5, 0.6) is 0 Å². The lowest BCUT2D eigenvalue weighted by Gasteiger charge is -2.34. The SMILES string of the molecule is O=C1CCCCCC1C1(CCCCl)OCCO1. The summed E-state index contributed by atoms with van der Waals surface area (Å²) in [5.74, 6) is 0.181. The highest BCUT2D eigenvalue weighted by Crippen LogP contribution is 2.39. The van der Waals surface area contributed by atoms with Crippen molar-refractivity contribution in [2.24, 2.45) is 5.92 Å². The highest BCUT2D eigenvalue weighted by atomic mass is 35.5. The van der Waals surface area contributed by atoms with Gasteiger partial charge in [0.2, 0.25) is 0 Å². The third kappa shape index (κ3) is 3.01. The molecule has 17 heavy (non-hydrogen) atoms. The average molecular weight is 261 g/mol. The smallest absolute Gasteiger partial charge is 0.178 e. The van der Waals surface area contributed by atoms with Gasteiger partial charge in [0.1, 0.15) is 5.78 Å². The van der Waals surface area contributed by atoms with E-state index in [1.165, 1.54) is 0 Å². The molecular formula is C13H21ClO3. The van der Waals surface area contributed by atoms with Crippen molar-refractivity contribution < 1.29 is 14.3 Å². The van der Waals surface area contributed by atoms with E-state index in [0.717, 1.165) is 38.5 Å². The Balaban J connectivity index is 2.10. The lowest BCUT2D eigenvalue weighted by molar-refractivity contribution is -0.202. The zero-order valence-corrected chi connectivity index (χ0v) is 11.0. The summed E-state index contributed by atoms with van der Waals surface area (Å²) >= 11 is 5.75. The number of Topliss-reactive ketones (excluding diaryl/α,β-unsaturated/α-hetero) is 1. The van der Waals surface area contributed by atoms with Gasteiger partial charge in [-0.15, -0.1) is 11.6 Å². The number of halogens is 1. The van der Waals surface area contributed by atoms with Gasteiger partial charge in [-0.25, -0.2) is 0 Å². The van der Waals surface area contributed by atoms with E-state index < -0.39 is 5.79 Å². The van der Waals surface area contributed by atoms with Crippen molar-refractivity contribution in [3.63, 3.8) is 0 Å². The number of rotatable bonds is 4. The molecule has 1 saturated heterocycles.